The van der Waals surface area contributed by atoms with Crippen LogP contribution in [0.3, 0.4) is 0 Å². The van der Waals surface area contributed by atoms with Crippen molar-refractivity contribution in [2.24, 2.45) is 0 Å². The third kappa shape index (κ3) is 1.31. The predicted molar refractivity (Wildman–Crippen MR) is 36.6 cm³/mol. The molecule has 0 aromatic carbocycles. The first-order chi connectivity index (χ1) is 4.61. The van der Waals surface area contributed by atoms with Crippen LogP contribution in [0.15, 0.2) is 11.8 Å². The first kappa shape index (κ1) is 7.59. The van der Waals surface area contributed by atoms with Gasteiger partial charge in [-0.25, -0.2) is 0 Å². The van der Waals surface area contributed by atoms with Gasteiger partial charge in [-0.1, -0.05) is 0 Å². The maximum atomic E-state index is 8.73. The molecule has 0 saturated heterocycles. The van der Waals surface area contributed by atoms with E-state index in [0.29, 0.717) is 5.76 Å². The minimum absolute atomic E-state index is 0.431. The van der Waals surface area contributed by atoms with Gasteiger partial charge in [0.05, 0.1) is 0 Å². The zero-order chi connectivity index (χ0) is 7.72. The molecule has 1 rings (SSSR count). The summed E-state index contributed by atoms with van der Waals surface area (Å²) in [4.78, 5) is 5.01. The summed E-state index contributed by atoms with van der Waals surface area (Å²) < 4.78 is 0. The van der Waals surface area contributed by atoms with Crippen LogP contribution in [-0.4, -0.2) is 35.2 Å². The lowest BCUT2D eigenvalue weighted by Crippen LogP contribution is -2.39. The smallest absolute Gasteiger partial charge is 0.426 e. The van der Waals surface area contributed by atoms with E-state index in [0.717, 1.165) is 0 Å². The summed E-state index contributed by atoms with van der Waals surface area (Å²) in [5, 5.41) is 18.9. The van der Waals surface area contributed by atoms with Crippen LogP contribution in [0.1, 0.15) is 6.92 Å². The number of hydroxylamine groups is 2. The van der Waals surface area contributed by atoms with Crippen LogP contribution < -0.4 is 0 Å². The molecular weight excluding hydrogens is 133 g/mol. The monoisotopic (exact) mass is 143 g/mol. The van der Waals surface area contributed by atoms with Crippen molar-refractivity contribution in [3.63, 3.8) is 0 Å². The normalized spacial score (nSPS) is 26.0. The summed E-state index contributed by atoms with van der Waals surface area (Å²) >= 11 is 0. The van der Waals surface area contributed by atoms with Crippen molar-refractivity contribution in [3.05, 3.63) is 11.8 Å². The summed E-state index contributed by atoms with van der Waals surface area (Å²) in [6.07, 6.45) is 1.66. The third-order valence-electron chi connectivity index (χ3n) is 1.42. The minimum Gasteiger partial charge on any atom is -0.426 e. The van der Waals surface area contributed by atoms with E-state index in [2.05, 4.69) is 0 Å². The van der Waals surface area contributed by atoms with Gasteiger partial charge in [0, 0.05) is 7.05 Å². The molecule has 2 N–H and O–H groups in total. The van der Waals surface area contributed by atoms with E-state index >= 15 is 0 Å². The molecule has 5 heteroatoms. The molecule has 1 aliphatic heterocycles. The fraction of sp³-hybridized carbons (Fsp3) is 0.600. The number of likely N-dealkylation sites (N-methyl/N-ethyl adjacent to an activating group) is 1. The van der Waals surface area contributed by atoms with Crippen LogP contribution in [0.4, 0.5) is 0 Å². The highest BCUT2D eigenvalue weighted by atomic mass is 16.7. The van der Waals surface area contributed by atoms with E-state index in [1.54, 1.807) is 20.0 Å². The Bertz CT molecular complexity index is 159. The Balaban J connectivity index is 2.60. The average molecular weight is 143 g/mol. The van der Waals surface area contributed by atoms with Gasteiger partial charge in [-0.3, -0.25) is 0 Å². The van der Waals surface area contributed by atoms with Crippen molar-refractivity contribution >= 4 is 7.12 Å². The summed E-state index contributed by atoms with van der Waals surface area (Å²) in [7, 11) is 0.277. The SMILES string of the molecule is CC1=CC(B(O)O)N(C)O1. The molecule has 1 atom stereocenters. The Kier molecular flexibility index (Phi) is 1.98. The number of nitrogens with zero attached hydrogens (tertiary/aromatic N) is 1. The molecule has 1 unspecified atom stereocenters. The van der Waals surface area contributed by atoms with E-state index in [4.69, 9.17) is 14.9 Å². The minimum atomic E-state index is -1.37. The fourth-order valence-corrected chi connectivity index (χ4v) is 0.938. The van der Waals surface area contributed by atoms with E-state index in [1.807, 2.05) is 0 Å². The molecule has 10 heavy (non-hydrogen) atoms. The van der Waals surface area contributed by atoms with Crippen molar-refractivity contribution in [1.29, 1.82) is 0 Å². The molecule has 4 nitrogen and oxygen atoms in total. The highest BCUT2D eigenvalue weighted by molar-refractivity contribution is 6.44. The van der Waals surface area contributed by atoms with Crippen LogP contribution in [0, 0.1) is 0 Å². The van der Waals surface area contributed by atoms with Crippen molar-refractivity contribution in [3.8, 4) is 0 Å². The number of hydrogen-bond donors (Lipinski definition) is 2. The Morgan fingerprint density at radius 2 is 2.30 bits per heavy atom. The van der Waals surface area contributed by atoms with Gasteiger partial charge in [-0.05, 0) is 13.0 Å². The molecule has 0 aromatic heterocycles. The van der Waals surface area contributed by atoms with Crippen molar-refractivity contribution in [2.45, 2.75) is 12.9 Å². The molecule has 56 valence electrons. The Labute approximate surface area is 59.8 Å². The average Bonchev–Trinajstić information content (AvgIpc) is 2.10. The topological polar surface area (TPSA) is 52.9 Å². The Morgan fingerprint density at radius 3 is 2.50 bits per heavy atom. The number of rotatable bonds is 1. The van der Waals surface area contributed by atoms with Gasteiger partial charge in [-0.2, -0.15) is 0 Å². The number of allylic oxidation sites excluding steroid dienone is 1. The lowest BCUT2D eigenvalue weighted by Gasteiger charge is -2.16. The molecule has 0 fully saturated rings. The predicted octanol–water partition coefficient (Wildman–Crippen LogP) is -0.852. The zero-order valence-corrected chi connectivity index (χ0v) is 5.98. The molecule has 1 aliphatic rings. The van der Waals surface area contributed by atoms with Gasteiger partial charge in [0.25, 0.3) is 0 Å². The van der Waals surface area contributed by atoms with Crippen molar-refractivity contribution in [2.75, 3.05) is 7.05 Å². The van der Waals surface area contributed by atoms with Gasteiger partial charge in [0.1, 0.15) is 11.7 Å². The van der Waals surface area contributed by atoms with Gasteiger partial charge in [0.2, 0.25) is 0 Å². The van der Waals surface area contributed by atoms with Gasteiger partial charge in [-0.15, -0.1) is 5.06 Å². The van der Waals surface area contributed by atoms with Crippen LogP contribution >= 0.6 is 0 Å². The van der Waals surface area contributed by atoms with E-state index in [9.17, 15) is 0 Å². The zero-order valence-electron chi connectivity index (χ0n) is 5.98. The van der Waals surface area contributed by atoms with Crippen LogP contribution in [0.5, 0.6) is 0 Å². The molecule has 0 saturated carbocycles. The van der Waals surface area contributed by atoms with Gasteiger partial charge >= 0.3 is 7.12 Å². The molecule has 0 bridgehead atoms. The van der Waals surface area contributed by atoms with Gasteiger partial charge in [0.15, 0.2) is 0 Å². The molecule has 1 heterocycles. The molecule has 0 aromatic rings. The Morgan fingerprint density at radius 1 is 1.70 bits per heavy atom. The molecule has 0 amide bonds. The first-order valence-corrected chi connectivity index (χ1v) is 3.06. The van der Waals surface area contributed by atoms with E-state index in [1.165, 1.54) is 5.06 Å². The fourth-order valence-electron chi connectivity index (χ4n) is 0.938. The summed E-state index contributed by atoms with van der Waals surface area (Å²) in [5.41, 5.74) is 0. The van der Waals surface area contributed by atoms with Crippen LogP contribution in [0.25, 0.3) is 0 Å². The van der Waals surface area contributed by atoms with Crippen LogP contribution in [0.2, 0.25) is 0 Å². The highest BCUT2D eigenvalue weighted by Crippen LogP contribution is 2.15. The second kappa shape index (κ2) is 2.61. The quantitative estimate of drug-likeness (QED) is 0.469. The maximum Gasteiger partial charge on any atom is 0.477 e. The lowest BCUT2D eigenvalue weighted by molar-refractivity contribution is -0.0815. The third-order valence-corrected chi connectivity index (χ3v) is 1.42. The summed E-state index contributed by atoms with van der Waals surface area (Å²) in [6.45, 7) is 1.76. The molecule has 0 aliphatic carbocycles. The first-order valence-electron chi connectivity index (χ1n) is 3.06. The molecule has 0 radical (unpaired) electrons. The second-order valence-corrected chi connectivity index (χ2v) is 2.32. The molecular formula is C5H10BNO3. The Hall–Kier alpha value is -0.515. The number of hydrogen-bond acceptors (Lipinski definition) is 4. The summed E-state index contributed by atoms with van der Waals surface area (Å²) in [6, 6.07) is 0. The van der Waals surface area contributed by atoms with Crippen molar-refractivity contribution < 1.29 is 14.9 Å². The standard InChI is InChI=1S/C5H10BNO3/c1-4-3-5(6(8)9)7(2)10-4/h3,5,8-9H,1-2H3. The maximum absolute atomic E-state index is 8.73. The van der Waals surface area contributed by atoms with Crippen molar-refractivity contribution in [1.82, 2.24) is 5.06 Å². The lowest BCUT2D eigenvalue weighted by atomic mass is 9.79. The molecule has 0 spiro atoms. The van der Waals surface area contributed by atoms with Crippen LogP contribution in [-0.2, 0) is 4.84 Å². The largest absolute Gasteiger partial charge is 0.477 e. The summed E-state index contributed by atoms with van der Waals surface area (Å²) in [5.74, 6) is 0.264. The van der Waals surface area contributed by atoms with E-state index in [-0.39, 0.29) is 0 Å². The van der Waals surface area contributed by atoms with E-state index < -0.39 is 13.1 Å². The highest BCUT2D eigenvalue weighted by Gasteiger charge is 2.31. The van der Waals surface area contributed by atoms with Gasteiger partial charge < -0.3 is 14.9 Å². The second-order valence-electron chi connectivity index (χ2n) is 2.32.